The monoisotopic (exact) mass is 684 g/mol. The molecule has 2 saturated carbocycles. The van der Waals surface area contributed by atoms with Crippen LogP contribution in [0, 0.1) is 18.8 Å². The molecule has 6 nitrogen and oxygen atoms in total. The maximum absolute atomic E-state index is 14.1. The minimum absolute atomic E-state index is 0.0394. The Hall–Kier alpha value is -2.41. The van der Waals surface area contributed by atoms with Crippen LogP contribution in [0.15, 0.2) is 34.5 Å². The number of ether oxygens (including phenoxy) is 1. The summed E-state index contributed by atoms with van der Waals surface area (Å²) in [6.45, 7) is 18.0. The average molecular weight is 685 g/mol. The number of nitrogens with zero attached hydrogens (tertiary/aromatic N) is 3. The van der Waals surface area contributed by atoms with E-state index in [1.807, 2.05) is 27.7 Å². The number of rotatable bonds is 14. The standard InChI is InChI=1S/C19H28F2NOP.C18H25N3O.C2H6/c1-4-15-16(18(23)5-2)9-13(10-17(15)19(20,21)24)11-22-12(3)14-7-6-8-14;1-4-16(21-19-5-2)18(15-10-22-11-15)14-8-12(3)20-17(9-14)13-6-7-13;1-2/h9-10,12,14,22H,4-8,11,24H2,1-3H3;5,8-9,13,15,18H,4,6-7,10-11H2,1-3H3;1-2H3/b;19-5-,21-16+;. The van der Waals surface area contributed by atoms with E-state index in [1.54, 1.807) is 34.5 Å². The van der Waals surface area contributed by atoms with Gasteiger partial charge >= 0.3 is 0 Å². The maximum Gasteiger partial charge on any atom is 0.284 e. The predicted octanol–water partition coefficient (Wildman–Crippen LogP) is 9.92. The Bertz CT molecular complexity index is 1400. The first-order valence-electron chi connectivity index (χ1n) is 18.2. The lowest BCUT2D eigenvalue weighted by Crippen LogP contribution is -2.37. The van der Waals surface area contributed by atoms with Gasteiger partial charge in [0.05, 0.1) is 13.2 Å². The first kappa shape index (κ1) is 40.0. The summed E-state index contributed by atoms with van der Waals surface area (Å²) in [6.07, 6.45) is 9.71. The third kappa shape index (κ3) is 10.8. The van der Waals surface area contributed by atoms with Crippen LogP contribution >= 0.6 is 9.24 Å². The highest BCUT2D eigenvalue weighted by Crippen LogP contribution is 2.42. The van der Waals surface area contributed by atoms with Crippen molar-refractivity contribution in [2.24, 2.45) is 22.0 Å². The summed E-state index contributed by atoms with van der Waals surface area (Å²) in [5, 5.41) is 12.0. The first-order chi connectivity index (χ1) is 23.0. The molecule has 1 aliphatic heterocycles. The quantitative estimate of drug-likeness (QED) is 0.0930. The van der Waals surface area contributed by atoms with Crippen LogP contribution in [-0.2, 0) is 23.4 Å². The lowest BCUT2D eigenvalue weighted by atomic mass is 9.80. The Labute approximate surface area is 290 Å². The van der Waals surface area contributed by atoms with Gasteiger partial charge in [-0.2, -0.15) is 19.0 Å². The van der Waals surface area contributed by atoms with Crippen LogP contribution < -0.4 is 5.32 Å². The van der Waals surface area contributed by atoms with Crippen molar-refractivity contribution in [2.45, 2.75) is 137 Å². The summed E-state index contributed by atoms with van der Waals surface area (Å²) in [7, 11) is 1.61. The van der Waals surface area contributed by atoms with E-state index < -0.39 is 5.66 Å². The Morgan fingerprint density at radius 1 is 1.08 bits per heavy atom. The Balaban J connectivity index is 0.000000248. The fourth-order valence-electron chi connectivity index (χ4n) is 6.49. The fourth-order valence-corrected chi connectivity index (χ4v) is 6.75. The number of carbonyl (C=O) groups is 1. The molecule has 0 amide bonds. The Morgan fingerprint density at radius 2 is 1.77 bits per heavy atom. The van der Waals surface area contributed by atoms with Crippen molar-refractivity contribution in [3.63, 3.8) is 0 Å². The number of benzene rings is 1. The van der Waals surface area contributed by atoms with Gasteiger partial charge in [0.2, 0.25) is 0 Å². The van der Waals surface area contributed by atoms with Gasteiger partial charge in [-0.15, -0.1) is 0 Å². The van der Waals surface area contributed by atoms with Gasteiger partial charge in [0.25, 0.3) is 5.66 Å². The van der Waals surface area contributed by atoms with E-state index in [-0.39, 0.29) is 11.3 Å². The Morgan fingerprint density at radius 3 is 2.25 bits per heavy atom. The molecule has 0 radical (unpaired) electrons. The molecule has 2 heterocycles. The zero-order valence-corrected chi connectivity index (χ0v) is 31.7. The van der Waals surface area contributed by atoms with E-state index >= 15 is 0 Å². The van der Waals surface area contributed by atoms with E-state index in [4.69, 9.17) is 9.72 Å². The summed E-state index contributed by atoms with van der Waals surface area (Å²) in [6, 6.07) is 8.24. The summed E-state index contributed by atoms with van der Waals surface area (Å²) in [5.74, 6) is 2.10. The van der Waals surface area contributed by atoms with Gasteiger partial charge in [-0.25, -0.2) is 0 Å². The minimum atomic E-state index is -3.02. The van der Waals surface area contributed by atoms with Crippen LogP contribution in [0.3, 0.4) is 0 Å². The minimum Gasteiger partial charge on any atom is -0.381 e. The molecule has 0 spiro atoms. The van der Waals surface area contributed by atoms with Crippen molar-refractivity contribution in [3.8, 4) is 0 Å². The number of carbonyl (C=O) groups excluding carboxylic acids is 1. The van der Waals surface area contributed by atoms with Gasteiger partial charge < -0.3 is 10.1 Å². The molecule has 9 heteroatoms. The van der Waals surface area contributed by atoms with Gasteiger partial charge in [-0.1, -0.05) is 50.3 Å². The number of alkyl halides is 2. The molecule has 48 heavy (non-hydrogen) atoms. The summed E-state index contributed by atoms with van der Waals surface area (Å²) in [4.78, 5) is 17.0. The van der Waals surface area contributed by atoms with Gasteiger partial charge in [0, 0.05) is 71.2 Å². The molecule has 2 aliphatic carbocycles. The molecule has 3 unspecified atom stereocenters. The van der Waals surface area contributed by atoms with E-state index in [1.165, 1.54) is 43.4 Å². The second kappa shape index (κ2) is 19.1. The molecule has 266 valence electrons. The third-order valence-electron chi connectivity index (χ3n) is 9.64. The number of aromatic nitrogens is 1. The lowest BCUT2D eigenvalue weighted by molar-refractivity contribution is -0.0359. The molecule has 2 aromatic rings. The van der Waals surface area contributed by atoms with Crippen molar-refractivity contribution in [1.82, 2.24) is 10.3 Å². The highest BCUT2D eigenvalue weighted by atomic mass is 31.0. The van der Waals surface area contributed by atoms with Crippen molar-refractivity contribution < 1.29 is 18.3 Å². The molecule has 1 aromatic heterocycles. The molecule has 1 aromatic carbocycles. The van der Waals surface area contributed by atoms with E-state index in [9.17, 15) is 13.6 Å². The van der Waals surface area contributed by atoms with Crippen LogP contribution in [0.4, 0.5) is 8.78 Å². The number of pyridine rings is 1. The van der Waals surface area contributed by atoms with Crippen molar-refractivity contribution in [1.29, 1.82) is 0 Å². The molecule has 5 rings (SSSR count). The van der Waals surface area contributed by atoms with E-state index in [0.717, 1.165) is 36.6 Å². The summed E-state index contributed by atoms with van der Waals surface area (Å²) >= 11 is 0. The van der Waals surface area contributed by atoms with Crippen molar-refractivity contribution in [3.05, 3.63) is 63.5 Å². The molecule has 0 bridgehead atoms. The van der Waals surface area contributed by atoms with Crippen LogP contribution in [0.25, 0.3) is 0 Å². The van der Waals surface area contributed by atoms with Crippen LogP contribution in [0.5, 0.6) is 0 Å². The van der Waals surface area contributed by atoms with Crippen molar-refractivity contribution >= 4 is 26.9 Å². The van der Waals surface area contributed by atoms with E-state index in [0.29, 0.717) is 60.2 Å². The van der Waals surface area contributed by atoms with Gasteiger partial charge in [-0.05, 0) is 106 Å². The highest BCUT2D eigenvalue weighted by molar-refractivity contribution is 7.17. The molecule has 3 atom stereocenters. The van der Waals surface area contributed by atoms with Crippen LogP contribution in [0.2, 0.25) is 0 Å². The number of halogens is 2. The average Bonchev–Trinajstić information content (AvgIpc) is 3.87. The van der Waals surface area contributed by atoms with Crippen LogP contribution in [0.1, 0.15) is 149 Å². The van der Waals surface area contributed by atoms with Crippen LogP contribution in [-0.4, -0.2) is 41.9 Å². The number of Topliss-reactive ketones (excluding diaryl/α,β-unsaturated/α-hetero) is 1. The molecule has 1 N–H and O–H groups in total. The SMILES string of the molecule is C/C=N\N=C(/CC)C(c1cc(C)nc(C2CC2)c1)C1COC1.CC.CCC(=O)c1cc(CNC(C)C2CCC2)cc(C(F)(F)P)c1CC. The normalized spacial score (nSPS) is 18.2. The smallest absolute Gasteiger partial charge is 0.284 e. The zero-order chi connectivity index (χ0) is 35.4. The molecule has 3 aliphatic rings. The lowest BCUT2D eigenvalue weighted by Gasteiger charge is -2.34. The first-order valence-corrected chi connectivity index (χ1v) is 18.8. The predicted molar refractivity (Wildman–Crippen MR) is 199 cm³/mol. The number of aryl methyl sites for hydroxylation is 1. The second-order valence-electron chi connectivity index (χ2n) is 13.1. The van der Waals surface area contributed by atoms with Gasteiger partial charge in [-0.3, -0.25) is 9.78 Å². The maximum atomic E-state index is 14.1. The Kier molecular flexibility index (Phi) is 15.9. The molecule has 1 saturated heterocycles. The number of hydrogen-bond acceptors (Lipinski definition) is 6. The summed E-state index contributed by atoms with van der Waals surface area (Å²) < 4.78 is 33.6. The highest BCUT2D eigenvalue weighted by Gasteiger charge is 2.35. The summed E-state index contributed by atoms with van der Waals surface area (Å²) in [5.41, 5.74) is 3.48. The molecule has 3 fully saturated rings. The largest absolute Gasteiger partial charge is 0.381 e. The van der Waals surface area contributed by atoms with E-state index in [2.05, 4.69) is 48.4 Å². The zero-order valence-electron chi connectivity index (χ0n) is 30.5. The number of hydrogen-bond donors (Lipinski definition) is 1. The molecular formula is C39H59F2N4O2P. The molecular weight excluding hydrogens is 625 g/mol. The number of nitrogens with one attached hydrogen (secondary N) is 1. The fraction of sp³-hybridized carbons (Fsp3) is 0.641. The van der Waals surface area contributed by atoms with Crippen molar-refractivity contribution in [2.75, 3.05) is 13.2 Å². The second-order valence-corrected chi connectivity index (χ2v) is 13.8. The number of ketones is 1. The van der Waals surface area contributed by atoms with Gasteiger partial charge in [0.1, 0.15) is 0 Å². The third-order valence-corrected chi connectivity index (χ3v) is 9.95. The van der Waals surface area contributed by atoms with Gasteiger partial charge in [0.15, 0.2) is 5.78 Å². The topological polar surface area (TPSA) is 75.9 Å².